The molecule has 4 heteroatoms. The summed E-state index contributed by atoms with van der Waals surface area (Å²) in [6.07, 6.45) is 2.80. The van der Waals surface area contributed by atoms with Crippen LogP contribution in [0, 0.1) is 6.92 Å². The van der Waals surface area contributed by atoms with Crippen molar-refractivity contribution in [3.63, 3.8) is 0 Å². The Kier molecular flexibility index (Phi) is 4.62. The van der Waals surface area contributed by atoms with Crippen LogP contribution in [0.2, 0.25) is 0 Å². The normalized spacial score (nSPS) is 10.7. The van der Waals surface area contributed by atoms with Crippen LogP contribution < -0.4 is 10.1 Å². The number of carbonyl (C=O) groups is 1. The van der Waals surface area contributed by atoms with Gasteiger partial charge in [0.25, 0.3) is 5.91 Å². The van der Waals surface area contributed by atoms with Crippen molar-refractivity contribution in [3.8, 4) is 5.75 Å². The lowest BCUT2D eigenvalue weighted by molar-refractivity contribution is -0.123. The first-order chi connectivity index (χ1) is 11.2. The smallest absolute Gasteiger partial charge is 0.257 e. The van der Waals surface area contributed by atoms with Gasteiger partial charge in [-0.25, -0.2) is 0 Å². The Balaban J connectivity index is 1.48. The molecule has 0 atom stereocenters. The molecule has 0 unspecified atom stereocenters. The number of benzene rings is 2. The number of H-pyrrole nitrogens is 1. The summed E-state index contributed by atoms with van der Waals surface area (Å²) in [4.78, 5) is 15.1. The van der Waals surface area contributed by atoms with Crippen molar-refractivity contribution in [1.29, 1.82) is 0 Å². The number of aromatic amines is 1. The predicted octanol–water partition coefficient (Wildman–Crippen LogP) is 3.21. The molecular formula is C19H20N2O2. The molecular weight excluding hydrogens is 288 g/mol. The van der Waals surface area contributed by atoms with Gasteiger partial charge in [-0.15, -0.1) is 0 Å². The van der Waals surface area contributed by atoms with Gasteiger partial charge >= 0.3 is 0 Å². The summed E-state index contributed by atoms with van der Waals surface area (Å²) >= 11 is 0. The Bertz CT molecular complexity index is 793. The van der Waals surface area contributed by atoms with E-state index in [1.165, 1.54) is 16.5 Å². The molecule has 118 valence electrons. The summed E-state index contributed by atoms with van der Waals surface area (Å²) in [6, 6.07) is 15.7. The summed E-state index contributed by atoms with van der Waals surface area (Å²) < 4.78 is 5.42. The zero-order valence-corrected chi connectivity index (χ0v) is 13.1. The van der Waals surface area contributed by atoms with Crippen molar-refractivity contribution >= 4 is 16.8 Å². The highest BCUT2D eigenvalue weighted by Gasteiger charge is 2.06. The highest BCUT2D eigenvalue weighted by Crippen LogP contribution is 2.19. The lowest BCUT2D eigenvalue weighted by Crippen LogP contribution is -2.30. The molecule has 0 saturated carbocycles. The maximum atomic E-state index is 11.8. The van der Waals surface area contributed by atoms with Gasteiger partial charge in [0.15, 0.2) is 6.61 Å². The molecule has 1 aromatic heterocycles. The van der Waals surface area contributed by atoms with E-state index < -0.39 is 0 Å². The van der Waals surface area contributed by atoms with Crippen molar-refractivity contribution in [1.82, 2.24) is 10.3 Å². The fraction of sp³-hybridized carbons (Fsp3) is 0.211. The van der Waals surface area contributed by atoms with E-state index in [0.717, 1.165) is 11.9 Å². The second-order valence-electron chi connectivity index (χ2n) is 5.56. The first-order valence-corrected chi connectivity index (χ1v) is 7.73. The summed E-state index contributed by atoms with van der Waals surface area (Å²) in [5.74, 6) is 0.597. The maximum absolute atomic E-state index is 11.8. The maximum Gasteiger partial charge on any atom is 0.257 e. The number of aromatic nitrogens is 1. The third-order valence-corrected chi connectivity index (χ3v) is 3.75. The Hall–Kier alpha value is -2.75. The molecule has 0 saturated heterocycles. The molecule has 0 spiro atoms. The molecule has 4 nitrogen and oxygen atoms in total. The van der Waals surface area contributed by atoms with Gasteiger partial charge in [-0.2, -0.15) is 0 Å². The Morgan fingerprint density at radius 2 is 2.00 bits per heavy atom. The fourth-order valence-electron chi connectivity index (χ4n) is 2.55. The fourth-order valence-corrected chi connectivity index (χ4v) is 2.55. The molecule has 23 heavy (non-hydrogen) atoms. The number of aryl methyl sites for hydroxylation is 1. The minimum atomic E-state index is -0.107. The Morgan fingerprint density at radius 1 is 1.17 bits per heavy atom. The summed E-state index contributed by atoms with van der Waals surface area (Å²) in [7, 11) is 0. The average Bonchev–Trinajstić information content (AvgIpc) is 2.96. The molecule has 0 aliphatic rings. The number of ether oxygens (including phenoxy) is 1. The summed E-state index contributed by atoms with van der Waals surface area (Å²) in [5.41, 5.74) is 3.58. The van der Waals surface area contributed by atoms with Gasteiger partial charge in [0.2, 0.25) is 0 Å². The van der Waals surface area contributed by atoms with Crippen LogP contribution in [0.1, 0.15) is 11.1 Å². The van der Waals surface area contributed by atoms with Crippen molar-refractivity contribution in [2.24, 2.45) is 0 Å². The van der Waals surface area contributed by atoms with E-state index in [1.807, 2.05) is 36.5 Å². The average molecular weight is 308 g/mol. The predicted molar refractivity (Wildman–Crippen MR) is 91.7 cm³/mol. The molecule has 0 bridgehead atoms. The van der Waals surface area contributed by atoms with E-state index in [4.69, 9.17) is 4.74 Å². The third kappa shape index (κ3) is 3.92. The molecule has 0 aliphatic heterocycles. The summed E-state index contributed by atoms with van der Waals surface area (Å²) in [5, 5.41) is 4.11. The van der Waals surface area contributed by atoms with Gasteiger partial charge in [-0.1, -0.05) is 29.8 Å². The lowest BCUT2D eigenvalue weighted by Gasteiger charge is -2.07. The van der Waals surface area contributed by atoms with Gasteiger partial charge in [0.05, 0.1) is 0 Å². The molecule has 1 heterocycles. The van der Waals surface area contributed by atoms with E-state index in [-0.39, 0.29) is 12.5 Å². The number of nitrogens with one attached hydrogen (secondary N) is 2. The van der Waals surface area contributed by atoms with Crippen LogP contribution in [0.4, 0.5) is 0 Å². The zero-order chi connectivity index (χ0) is 16.1. The molecule has 2 aromatic carbocycles. The quantitative estimate of drug-likeness (QED) is 0.734. The number of rotatable bonds is 6. The van der Waals surface area contributed by atoms with E-state index in [9.17, 15) is 4.79 Å². The Morgan fingerprint density at radius 3 is 2.83 bits per heavy atom. The van der Waals surface area contributed by atoms with E-state index in [1.54, 1.807) is 0 Å². The molecule has 0 aliphatic carbocycles. The van der Waals surface area contributed by atoms with Crippen LogP contribution in [-0.2, 0) is 11.2 Å². The van der Waals surface area contributed by atoms with Crippen molar-refractivity contribution in [2.45, 2.75) is 13.3 Å². The van der Waals surface area contributed by atoms with Crippen LogP contribution >= 0.6 is 0 Å². The van der Waals surface area contributed by atoms with Crippen molar-refractivity contribution in [2.75, 3.05) is 13.2 Å². The second kappa shape index (κ2) is 7.01. The number of hydrogen-bond acceptors (Lipinski definition) is 2. The van der Waals surface area contributed by atoms with Gasteiger partial charge in [-0.3, -0.25) is 4.79 Å². The molecule has 3 rings (SSSR count). The van der Waals surface area contributed by atoms with Gasteiger partial charge in [-0.05, 0) is 43.2 Å². The minimum Gasteiger partial charge on any atom is -0.484 e. The van der Waals surface area contributed by atoms with E-state index in [0.29, 0.717) is 12.3 Å². The van der Waals surface area contributed by atoms with Crippen molar-refractivity contribution in [3.05, 3.63) is 65.9 Å². The topological polar surface area (TPSA) is 54.1 Å². The number of amides is 1. The number of fused-ring (bicyclic) bond motifs is 1. The number of carbonyl (C=O) groups excluding carboxylic acids is 1. The third-order valence-electron chi connectivity index (χ3n) is 3.75. The van der Waals surface area contributed by atoms with Gasteiger partial charge in [0.1, 0.15) is 5.75 Å². The summed E-state index contributed by atoms with van der Waals surface area (Å²) in [6.45, 7) is 2.72. The molecule has 2 N–H and O–H groups in total. The monoisotopic (exact) mass is 308 g/mol. The van der Waals surface area contributed by atoms with Crippen LogP contribution in [0.25, 0.3) is 10.9 Å². The van der Waals surface area contributed by atoms with Crippen molar-refractivity contribution < 1.29 is 9.53 Å². The first-order valence-electron chi connectivity index (χ1n) is 7.73. The minimum absolute atomic E-state index is 0.0387. The highest BCUT2D eigenvalue weighted by atomic mass is 16.5. The van der Waals surface area contributed by atoms with Gasteiger partial charge < -0.3 is 15.0 Å². The van der Waals surface area contributed by atoms with Crippen LogP contribution in [-0.4, -0.2) is 24.0 Å². The Labute approximate surface area is 135 Å². The van der Waals surface area contributed by atoms with Crippen LogP contribution in [0.15, 0.2) is 54.7 Å². The molecule has 3 aromatic rings. The molecule has 0 fully saturated rings. The molecule has 0 radical (unpaired) electrons. The number of para-hydroxylation sites is 1. The van der Waals surface area contributed by atoms with E-state index >= 15 is 0 Å². The number of hydrogen-bond donors (Lipinski definition) is 2. The van der Waals surface area contributed by atoms with Gasteiger partial charge in [0, 0.05) is 23.6 Å². The largest absolute Gasteiger partial charge is 0.484 e. The standard InChI is InChI=1S/C19H20N2O2/c1-14-7-8-18-17(11-14)15(12-21-18)9-10-20-19(22)13-23-16-5-3-2-4-6-16/h2-8,11-12,21H,9-10,13H2,1H3,(H,20,22). The van der Waals surface area contributed by atoms with Crippen LogP contribution in [0.3, 0.4) is 0 Å². The first kappa shape index (κ1) is 15.2. The van der Waals surface area contributed by atoms with E-state index in [2.05, 4.69) is 35.4 Å². The second-order valence-corrected chi connectivity index (χ2v) is 5.56. The SMILES string of the molecule is Cc1ccc2[nH]cc(CCNC(=O)COc3ccccc3)c2c1. The van der Waals surface area contributed by atoms with Crippen LogP contribution in [0.5, 0.6) is 5.75 Å². The molecule has 1 amide bonds. The highest BCUT2D eigenvalue weighted by molar-refractivity contribution is 5.84. The zero-order valence-electron chi connectivity index (χ0n) is 13.1. The lowest BCUT2D eigenvalue weighted by atomic mass is 10.1.